The van der Waals surface area contributed by atoms with Crippen LogP contribution in [0.25, 0.3) is 0 Å². The molecule has 2 heterocycles. The van der Waals surface area contributed by atoms with Crippen molar-refractivity contribution in [2.75, 3.05) is 29.5 Å². The lowest BCUT2D eigenvalue weighted by Gasteiger charge is -2.32. The molecule has 0 aromatic carbocycles. The van der Waals surface area contributed by atoms with E-state index in [-0.39, 0.29) is 17.5 Å². The zero-order valence-electron chi connectivity index (χ0n) is 12.6. The van der Waals surface area contributed by atoms with Crippen LogP contribution in [0.15, 0.2) is 0 Å². The minimum atomic E-state index is -2.87. The Hall–Kier alpha value is -0.660. The summed E-state index contributed by atoms with van der Waals surface area (Å²) in [6.07, 6.45) is 2.48. The third-order valence-electron chi connectivity index (χ3n) is 4.13. The number of nitrogens with zero attached hydrogens (tertiary/aromatic N) is 2. The number of sulfone groups is 1. The Bertz CT molecular complexity index is 608. The number of nitrogens with one attached hydrogen (secondary N) is 1. The predicted octanol–water partition coefficient (Wildman–Crippen LogP) is 1.75. The zero-order valence-corrected chi connectivity index (χ0v) is 14.3. The van der Waals surface area contributed by atoms with Crippen molar-refractivity contribution < 1.29 is 8.42 Å². The van der Waals surface area contributed by atoms with E-state index in [2.05, 4.69) is 17.1 Å². The molecule has 7 heteroatoms. The topological polar surface area (TPSA) is 62.3 Å². The number of thiazole rings is 1. The van der Waals surface area contributed by atoms with E-state index in [0.717, 1.165) is 18.2 Å². The van der Waals surface area contributed by atoms with E-state index in [0.29, 0.717) is 12.5 Å². The molecule has 1 N–H and O–H groups in total. The highest BCUT2D eigenvalue weighted by Crippen LogP contribution is 2.44. The van der Waals surface area contributed by atoms with E-state index in [4.69, 9.17) is 4.98 Å². The summed E-state index contributed by atoms with van der Waals surface area (Å²) in [6.45, 7) is 6.49. The van der Waals surface area contributed by atoms with Gasteiger partial charge < -0.3 is 10.2 Å². The van der Waals surface area contributed by atoms with E-state index in [1.165, 1.54) is 23.4 Å². The van der Waals surface area contributed by atoms with E-state index in [1.54, 1.807) is 11.3 Å². The summed E-state index contributed by atoms with van der Waals surface area (Å²) in [5, 5.41) is 4.39. The maximum absolute atomic E-state index is 11.7. The number of hydrogen-bond acceptors (Lipinski definition) is 6. The molecule has 21 heavy (non-hydrogen) atoms. The van der Waals surface area contributed by atoms with Crippen LogP contribution in [0.5, 0.6) is 0 Å². The molecule has 1 atom stereocenters. The van der Waals surface area contributed by atoms with Gasteiger partial charge in [0.25, 0.3) is 0 Å². The molecular weight excluding hydrogens is 306 g/mol. The van der Waals surface area contributed by atoms with Gasteiger partial charge in [0.2, 0.25) is 0 Å². The van der Waals surface area contributed by atoms with Crippen molar-refractivity contribution in [3.63, 3.8) is 0 Å². The van der Waals surface area contributed by atoms with Crippen molar-refractivity contribution in [3.05, 3.63) is 10.6 Å². The molecule has 1 aliphatic heterocycles. The first-order valence-electron chi connectivity index (χ1n) is 7.67. The molecule has 1 saturated heterocycles. The minimum absolute atomic E-state index is 0.0222. The van der Waals surface area contributed by atoms with Crippen LogP contribution in [-0.2, 0) is 16.4 Å². The monoisotopic (exact) mass is 329 g/mol. The first kappa shape index (κ1) is 15.2. The molecule has 1 aromatic rings. The first-order chi connectivity index (χ1) is 10.00. The number of rotatable bonds is 5. The van der Waals surface area contributed by atoms with Crippen molar-refractivity contribution in [2.45, 2.75) is 45.2 Å². The Labute approximate surface area is 130 Å². The van der Waals surface area contributed by atoms with Crippen molar-refractivity contribution >= 4 is 26.3 Å². The van der Waals surface area contributed by atoms with Gasteiger partial charge in [-0.1, -0.05) is 6.92 Å². The molecule has 1 aliphatic carbocycles. The summed E-state index contributed by atoms with van der Waals surface area (Å²) < 4.78 is 23.4. The van der Waals surface area contributed by atoms with Crippen LogP contribution in [0.3, 0.4) is 0 Å². The van der Waals surface area contributed by atoms with Crippen LogP contribution in [0.4, 0.5) is 5.13 Å². The lowest BCUT2D eigenvalue weighted by molar-refractivity contribution is 0.568. The van der Waals surface area contributed by atoms with Gasteiger partial charge in [0, 0.05) is 29.9 Å². The lowest BCUT2D eigenvalue weighted by atomic mass is 10.2. The molecule has 1 unspecified atom stereocenters. The number of hydrogen-bond donors (Lipinski definition) is 1. The molecule has 0 radical (unpaired) electrons. The van der Waals surface area contributed by atoms with E-state index in [1.807, 2.05) is 6.92 Å². The minimum Gasteiger partial charge on any atom is -0.343 e. The number of anilines is 1. The predicted molar refractivity (Wildman–Crippen MR) is 86.9 cm³/mol. The fraction of sp³-hybridized carbons (Fsp3) is 0.786. The Morgan fingerprint density at radius 2 is 2.19 bits per heavy atom. The maximum Gasteiger partial charge on any atom is 0.186 e. The molecule has 3 rings (SSSR count). The molecule has 2 aliphatic rings. The largest absolute Gasteiger partial charge is 0.343 e. The maximum atomic E-state index is 11.7. The summed E-state index contributed by atoms with van der Waals surface area (Å²) in [7, 11) is -2.87. The van der Waals surface area contributed by atoms with Crippen LogP contribution < -0.4 is 10.2 Å². The van der Waals surface area contributed by atoms with Gasteiger partial charge in [0.05, 0.1) is 17.2 Å². The highest BCUT2D eigenvalue weighted by atomic mass is 32.2. The van der Waals surface area contributed by atoms with Crippen molar-refractivity contribution in [1.82, 2.24) is 10.3 Å². The smallest absolute Gasteiger partial charge is 0.186 e. The SMILES string of the molecule is CCNCc1sc(N2CCS(=O)(=O)CC2C)nc1C1CC1. The second-order valence-electron chi connectivity index (χ2n) is 6.02. The zero-order chi connectivity index (χ0) is 15.0. The average molecular weight is 329 g/mol. The molecule has 1 aromatic heterocycles. The highest BCUT2D eigenvalue weighted by molar-refractivity contribution is 7.91. The molecule has 0 amide bonds. The van der Waals surface area contributed by atoms with Gasteiger partial charge in [-0.15, -0.1) is 11.3 Å². The normalized spacial score (nSPS) is 25.2. The second kappa shape index (κ2) is 5.85. The van der Waals surface area contributed by atoms with Gasteiger partial charge in [-0.2, -0.15) is 0 Å². The van der Waals surface area contributed by atoms with Crippen LogP contribution in [-0.4, -0.2) is 44.0 Å². The molecule has 5 nitrogen and oxygen atoms in total. The van der Waals surface area contributed by atoms with E-state index < -0.39 is 9.84 Å². The molecule has 0 bridgehead atoms. The van der Waals surface area contributed by atoms with Crippen molar-refractivity contribution in [1.29, 1.82) is 0 Å². The molecule has 0 spiro atoms. The quantitative estimate of drug-likeness (QED) is 0.892. The van der Waals surface area contributed by atoms with Crippen LogP contribution in [0, 0.1) is 0 Å². The second-order valence-corrected chi connectivity index (χ2v) is 9.31. The third kappa shape index (κ3) is 3.40. The third-order valence-corrected chi connectivity index (χ3v) is 7.04. The number of aromatic nitrogens is 1. The lowest BCUT2D eigenvalue weighted by Crippen LogP contribution is -2.47. The first-order valence-corrected chi connectivity index (χ1v) is 10.3. The summed E-state index contributed by atoms with van der Waals surface area (Å²) in [6, 6.07) is 0.0222. The Balaban J connectivity index is 1.82. The summed E-state index contributed by atoms with van der Waals surface area (Å²) in [4.78, 5) is 8.36. The Morgan fingerprint density at radius 1 is 1.43 bits per heavy atom. The van der Waals surface area contributed by atoms with E-state index >= 15 is 0 Å². The summed E-state index contributed by atoms with van der Waals surface area (Å²) in [5.41, 5.74) is 1.25. The van der Waals surface area contributed by atoms with Crippen molar-refractivity contribution in [3.8, 4) is 0 Å². The van der Waals surface area contributed by atoms with Gasteiger partial charge in [-0.3, -0.25) is 0 Å². The standard InChI is InChI=1S/C14H23N3O2S2/c1-3-15-8-12-13(11-4-5-11)16-14(20-12)17-6-7-21(18,19)9-10(17)2/h10-11,15H,3-9H2,1-2H3. The molecule has 2 fully saturated rings. The fourth-order valence-corrected chi connectivity index (χ4v) is 5.60. The Kier molecular flexibility index (Phi) is 4.25. The van der Waals surface area contributed by atoms with Crippen molar-refractivity contribution in [2.24, 2.45) is 0 Å². The van der Waals surface area contributed by atoms with Gasteiger partial charge >= 0.3 is 0 Å². The summed E-state index contributed by atoms with van der Waals surface area (Å²) >= 11 is 1.74. The molecule has 118 valence electrons. The average Bonchev–Trinajstić information content (AvgIpc) is 3.17. The van der Waals surface area contributed by atoms with Crippen LogP contribution in [0.2, 0.25) is 0 Å². The van der Waals surface area contributed by atoms with Gasteiger partial charge in [-0.05, 0) is 26.3 Å². The molecule has 1 saturated carbocycles. The fourth-order valence-electron chi connectivity index (χ4n) is 2.80. The van der Waals surface area contributed by atoms with Gasteiger partial charge in [0.1, 0.15) is 0 Å². The van der Waals surface area contributed by atoms with Crippen LogP contribution >= 0.6 is 11.3 Å². The highest BCUT2D eigenvalue weighted by Gasteiger charge is 2.33. The van der Waals surface area contributed by atoms with Gasteiger partial charge in [0.15, 0.2) is 15.0 Å². The summed E-state index contributed by atoms with van der Waals surface area (Å²) in [5.74, 6) is 1.12. The van der Waals surface area contributed by atoms with Gasteiger partial charge in [-0.25, -0.2) is 13.4 Å². The van der Waals surface area contributed by atoms with Crippen LogP contribution in [0.1, 0.15) is 43.2 Å². The molecular formula is C14H23N3O2S2. The Morgan fingerprint density at radius 3 is 2.81 bits per heavy atom. The van der Waals surface area contributed by atoms with E-state index in [9.17, 15) is 8.42 Å².